The number of ether oxygens (including phenoxy) is 1. The van der Waals surface area contributed by atoms with E-state index in [0.29, 0.717) is 12.1 Å². The molecule has 1 amide bonds. The van der Waals surface area contributed by atoms with E-state index in [1.165, 1.54) is 0 Å². The van der Waals surface area contributed by atoms with E-state index >= 15 is 0 Å². The van der Waals surface area contributed by atoms with Gasteiger partial charge in [0.25, 0.3) is 0 Å². The van der Waals surface area contributed by atoms with Gasteiger partial charge in [-0.2, -0.15) is 39.5 Å². The molecule has 2 aromatic carbocycles. The highest BCUT2D eigenvalue weighted by atomic mass is 35.5. The molecule has 4 nitrogen and oxygen atoms in total. The first kappa shape index (κ1) is 27.8. The van der Waals surface area contributed by atoms with Gasteiger partial charge in [-0.15, -0.1) is 0 Å². The highest BCUT2D eigenvalue weighted by molar-refractivity contribution is 6.31. The number of nitrogens with one attached hydrogen (secondary N) is 1. The minimum Gasteiger partial charge on any atom is -0.453 e. The first-order valence-corrected chi connectivity index (χ1v) is 10.6. The van der Waals surface area contributed by atoms with E-state index in [-0.39, 0.29) is 23.7 Å². The Hall–Kier alpha value is -2.83. The summed E-state index contributed by atoms with van der Waals surface area (Å²) < 4.78 is 124. The SMILES string of the molecule is COC(=O)N(Cc1cc(C(F)(F)F)cc(C(F)(F)F)c1)[C@H]1C[C@@H](C)Nc2cc(C(F)(F)F)c(Cl)cc21. The lowest BCUT2D eigenvalue weighted by atomic mass is 9.90. The largest absolute Gasteiger partial charge is 0.453 e. The molecule has 0 radical (unpaired) electrons. The number of hydrogen-bond donors (Lipinski definition) is 1. The van der Waals surface area contributed by atoms with Crippen LogP contribution in [0.2, 0.25) is 5.02 Å². The average Bonchev–Trinajstić information content (AvgIpc) is 2.74. The second-order valence-corrected chi connectivity index (χ2v) is 8.63. The maximum Gasteiger partial charge on any atom is 0.417 e. The number of alkyl halides is 9. The molecule has 0 fully saturated rings. The predicted octanol–water partition coefficient (Wildman–Crippen LogP) is 7.91. The smallest absolute Gasteiger partial charge is 0.417 e. The lowest BCUT2D eigenvalue weighted by Crippen LogP contribution is -2.40. The summed E-state index contributed by atoms with van der Waals surface area (Å²) in [5, 5.41) is 2.14. The molecule has 0 spiro atoms. The Morgan fingerprint density at radius 2 is 1.53 bits per heavy atom. The predicted molar refractivity (Wildman–Crippen MR) is 111 cm³/mol. The maximum atomic E-state index is 13.3. The van der Waals surface area contributed by atoms with Crippen molar-refractivity contribution in [1.82, 2.24) is 4.90 Å². The molecule has 14 heteroatoms. The number of amides is 1. The number of halogens is 10. The van der Waals surface area contributed by atoms with E-state index < -0.39 is 70.5 Å². The summed E-state index contributed by atoms with van der Waals surface area (Å²) in [4.78, 5) is 13.5. The summed E-state index contributed by atoms with van der Waals surface area (Å²) >= 11 is 5.84. The van der Waals surface area contributed by atoms with Crippen LogP contribution in [0.5, 0.6) is 0 Å². The van der Waals surface area contributed by atoms with Crippen molar-refractivity contribution in [2.75, 3.05) is 12.4 Å². The molecule has 1 aliphatic heterocycles. The van der Waals surface area contributed by atoms with Crippen LogP contribution in [-0.4, -0.2) is 24.1 Å². The molecule has 0 bridgehead atoms. The summed E-state index contributed by atoms with van der Waals surface area (Å²) in [5.74, 6) is 0. The van der Waals surface area contributed by atoms with Crippen LogP contribution in [0.4, 0.5) is 50.0 Å². The second kappa shape index (κ2) is 9.56. The van der Waals surface area contributed by atoms with Gasteiger partial charge in [-0.3, -0.25) is 4.90 Å². The summed E-state index contributed by atoms with van der Waals surface area (Å²) in [7, 11) is 0.952. The Morgan fingerprint density at radius 1 is 0.972 bits per heavy atom. The van der Waals surface area contributed by atoms with Crippen molar-refractivity contribution in [2.24, 2.45) is 0 Å². The van der Waals surface area contributed by atoms with Crippen molar-refractivity contribution in [3.05, 3.63) is 63.2 Å². The second-order valence-electron chi connectivity index (χ2n) is 8.23. The highest BCUT2D eigenvalue weighted by Gasteiger charge is 2.40. The van der Waals surface area contributed by atoms with E-state index in [1.54, 1.807) is 6.92 Å². The monoisotopic (exact) mass is 548 g/mol. The number of anilines is 1. The lowest BCUT2D eigenvalue weighted by molar-refractivity contribution is -0.143. The van der Waals surface area contributed by atoms with Crippen molar-refractivity contribution in [2.45, 2.75) is 50.5 Å². The molecule has 0 aromatic heterocycles. The van der Waals surface area contributed by atoms with E-state index in [4.69, 9.17) is 16.3 Å². The number of methoxy groups -OCH3 is 1. The van der Waals surface area contributed by atoms with Crippen molar-refractivity contribution >= 4 is 23.4 Å². The van der Waals surface area contributed by atoms with Crippen LogP contribution in [0.15, 0.2) is 30.3 Å². The van der Waals surface area contributed by atoms with Crippen molar-refractivity contribution < 1.29 is 49.0 Å². The van der Waals surface area contributed by atoms with Gasteiger partial charge in [0.15, 0.2) is 0 Å². The summed E-state index contributed by atoms with van der Waals surface area (Å²) in [5.41, 5.74) is -4.75. The van der Waals surface area contributed by atoms with Crippen molar-refractivity contribution in [1.29, 1.82) is 0 Å². The Morgan fingerprint density at radius 3 is 2.00 bits per heavy atom. The molecule has 1 aliphatic rings. The van der Waals surface area contributed by atoms with Crippen LogP contribution in [0.1, 0.15) is 47.2 Å². The van der Waals surface area contributed by atoms with E-state index in [1.807, 2.05) is 0 Å². The highest BCUT2D eigenvalue weighted by Crippen LogP contribution is 2.45. The Balaban J connectivity index is 2.13. The number of rotatable bonds is 3. The van der Waals surface area contributed by atoms with Crippen LogP contribution in [0.25, 0.3) is 0 Å². The third kappa shape index (κ3) is 5.93. The zero-order valence-corrected chi connectivity index (χ0v) is 19.3. The molecular weight excluding hydrogens is 531 g/mol. The molecule has 0 aliphatic carbocycles. The molecule has 2 aromatic rings. The Kier molecular flexibility index (Phi) is 7.37. The van der Waals surface area contributed by atoms with Gasteiger partial charge in [0.05, 0.1) is 34.9 Å². The summed E-state index contributed by atoms with van der Waals surface area (Å²) in [6.45, 7) is 0.828. The third-order valence-electron chi connectivity index (χ3n) is 5.57. The van der Waals surface area contributed by atoms with Crippen molar-refractivity contribution in [3.63, 3.8) is 0 Å². The van der Waals surface area contributed by atoms with Gasteiger partial charge in [-0.1, -0.05) is 11.6 Å². The van der Waals surface area contributed by atoms with E-state index in [2.05, 4.69) is 5.32 Å². The van der Waals surface area contributed by atoms with Crippen LogP contribution in [-0.2, 0) is 29.8 Å². The molecule has 36 heavy (non-hydrogen) atoms. The number of carbonyl (C=O) groups is 1. The van der Waals surface area contributed by atoms with Gasteiger partial charge in [0.1, 0.15) is 0 Å². The van der Waals surface area contributed by atoms with Crippen molar-refractivity contribution in [3.8, 4) is 0 Å². The molecule has 1 heterocycles. The number of hydrogen-bond acceptors (Lipinski definition) is 3. The number of nitrogens with zero attached hydrogens (tertiary/aromatic N) is 1. The fourth-order valence-corrected chi connectivity index (χ4v) is 4.29. The van der Waals surface area contributed by atoms with Gasteiger partial charge < -0.3 is 10.1 Å². The topological polar surface area (TPSA) is 41.6 Å². The standard InChI is InChI=1S/C22H18ClF9N2O2/c1-10-3-18(14-7-16(23)15(22(30,31)32)8-17(14)33-10)34(19(35)36-2)9-11-4-12(20(24,25)26)6-13(5-11)21(27,28)29/h4-8,10,18,33H,3,9H2,1-2H3/t10-,18+/m1/s1. The normalized spacial score (nSPS) is 18.3. The minimum absolute atomic E-state index is 0.0376. The first-order valence-electron chi connectivity index (χ1n) is 10.2. The molecule has 0 saturated heterocycles. The number of fused-ring (bicyclic) bond motifs is 1. The van der Waals surface area contributed by atoms with Gasteiger partial charge >= 0.3 is 24.6 Å². The quantitative estimate of drug-likeness (QED) is 0.396. The van der Waals surface area contributed by atoms with Crippen LogP contribution >= 0.6 is 11.6 Å². The third-order valence-corrected chi connectivity index (χ3v) is 5.88. The molecule has 0 unspecified atom stereocenters. The minimum atomic E-state index is -5.11. The number of carbonyl (C=O) groups excluding carboxylic acids is 1. The van der Waals surface area contributed by atoms with Gasteiger partial charge in [-0.25, -0.2) is 4.79 Å². The maximum absolute atomic E-state index is 13.3. The van der Waals surface area contributed by atoms with Gasteiger partial charge in [-0.05, 0) is 54.8 Å². The molecule has 2 atom stereocenters. The van der Waals surface area contributed by atoms with Crippen LogP contribution in [0, 0.1) is 0 Å². The Bertz CT molecular complexity index is 1110. The van der Waals surface area contributed by atoms with E-state index in [0.717, 1.165) is 24.1 Å². The molecule has 198 valence electrons. The first-order chi connectivity index (χ1) is 16.4. The number of benzene rings is 2. The fourth-order valence-electron chi connectivity index (χ4n) is 4.01. The van der Waals surface area contributed by atoms with E-state index in [9.17, 15) is 44.3 Å². The molecular formula is C22H18ClF9N2O2. The zero-order valence-electron chi connectivity index (χ0n) is 18.5. The molecule has 1 N–H and O–H groups in total. The molecule has 0 saturated carbocycles. The molecule has 3 rings (SSSR count). The summed E-state index contributed by atoms with van der Waals surface area (Å²) in [6, 6.07) is 0.990. The summed E-state index contributed by atoms with van der Waals surface area (Å²) in [6.07, 6.45) is -16.1. The fraction of sp³-hybridized carbons (Fsp3) is 0.409. The van der Waals surface area contributed by atoms with Gasteiger partial charge in [0, 0.05) is 18.3 Å². The average molecular weight is 549 g/mol. The van der Waals surface area contributed by atoms with Gasteiger partial charge in [0.2, 0.25) is 0 Å². The Labute approximate surface area is 204 Å². The van der Waals surface area contributed by atoms with Crippen LogP contribution < -0.4 is 5.32 Å². The lowest BCUT2D eigenvalue weighted by Gasteiger charge is -2.38. The zero-order chi connectivity index (χ0) is 27.2. The van der Waals surface area contributed by atoms with Crippen LogP contribution in [0.3, 0.4) is 0 Å².